The number of hydrogen-bond donors (Lipinski definition) is 1. The molecule has 0 saturated heterocycles. The van der Waals surface area contributed by atoms with E-state index >= 15 is 0 Å². The smallest absolute Gasteiger partial charge is 0.116 e. The van der Waals surface area contributed by atoms with Gasteiger partial charge in [0.05, 0.1) is 12.1 Å². The molecule has 66 valence electrons. The van der Waals surface area contributed by atoms with E-state index in [4.69, 9.17) is 17.3 Å². The Morgan fingerprint density at radius 2 is 2.25 bits per heavy atom. The molecule has 1 rings (SSSR count). The minimum absolute atomic E-state index is 0.108. The molecule has 0 spiro atoms. The van der Waals surface area contributed by atoms with Gasteiger partial charge in [-0.1, -0.05) is 23.7 Å². The number of hydrogen-bond acceptors (Lipinski definition) is 2. The third kappa shape index (κ3) is 2.12. The minimum atomic E-state index is -1.01. The van der Waals surface area contributed by atoms with E-state index in [1.165, 1.54) is 0 Å². The lowest BCUT2D eigenvalue weighted by Crippen LogP contribution is -2.27. The van der Waals surface area contributed by atoms with Gasteiger partial charge in [-0.05, 0) is 24.6 Å². The summed E-state index contributed by atoms with van der Waals surface area (Å²) in [4.78, 5) is -1.01. The normalized spacial score (nSPS) is 15.7. The van der Waals surface area contributed by atoms with Crippen molar-refractivity contribution in [2.75, 3.05) is 0 Å². The number of benzene rings is 1. The molecule has 0 aliphatic carbocycles. The van der Waals surface area contributed by atoms with Gasteiger partial charge in [0.15, 0.2) is 0 Å². The minimum Gasteiger partial charge on any atom is -0.311 e. The Morgan fingerprint density at radius 1 is 1.58 bits per heavy atom. The number of rotatable bonds is 2. The molecule has 0 aromatic heterocycles. The van der Waals surface area contributed by atoms with Crippen LogP contribution in [-0.4, -0.2) is 0 Å². The largest absolute Gasteiger partial charge is 0.311 e. The molecule has 1 unspecified atom stereocenters. The standard InChI is InChI=1S/C8H9ClFNS/c1-8(11,12-10)6-3-2-4-7(9)5-6/h2-5H,11H2,1H3. The molecule has 1 atom stereocenters. The van der Waals surface area contributed by atoms with Crippen LogP contribution in [0.25, 0.3) is 0 Å². The van der Waals surface area contributed by atoms with Crippen molar-refractivity contribution in [3.63, 3.8) is 0 Å². The molecule has 0 saturated carbocycles. The predicted molar refractivity (Wildman–Crippen MR) is 51.7 cm³/mol. The Hall–Kier alpha value is -0.250. The van der Waals surface area contributed by atoms with E-state index in [9.17, 15) is 3.89 Å². The van der Waals surface area contributed by atoms with E-state index in [-0.39, 0.29) is 12.1 Å². The maximum atomic E-state index is 12.3. The predicted octanol–water partition coefficient (Wildman–Crippen LogP) is 3.09. The maximum Gasteiger partial charge on any atom is 0.116 e. The Morgan fingerprint density at radius 3 is 2.75 bits per heavy atom. The lowest BCUT2D eigenvalue weighted by atomic mass is 10.1. The average Bonchev–Trinajstić information content (AvgIpc) is 2.05. The monoisotopic (exact) mass is 205 g/mol. The lowest BCUT2D eigenvalue weighted by Gasteiger charge is -2.19. The van der Waals surface area contributed by atoms with Gasteiger partial charge in [-0.25, -0.2) is 0 Å². The van der Waals surface area contributed by atoms with Gasteiger partial charge >= 0.3 is 0 Å². The highest BCUT2D eigenvalue weighted by Gasteiger charge is 2.22. The summed E-state index contributed by atoms with van der Waals surface area (Å²) in [6, 6.07) is 6.88. The second kappa shape index (κ2) is 3.64. The van der Waals surface area contributed by atoms with Crippen molar-refractivity contribution >= 4 is 23.7 Å². The van der Waals surface area contributed by atoms with E-state index in [1.54, 1.807) is 31.2 Å². The molecular weight excluding hydrogens is 197 g/mol. The van der Waals surface area contributed by atoms with Crippen molar-refractivity contribution in [1.82, 2.24) is 0 Å². The second-order valence-electron chi connectivity index (χ2n) is 2.69. The van der Waals surface area contributed by atoms with Crippen molar-refractivity contribution in [3.05, 3.63) is 34.9 Å². The van der Waals surface area contributed by atoms with Crippen LogP contribution in [0.15, 0.2) is 24.3 Å². The van der Waals surface area contributed by atoms with Crippen molar-refractivity contribution in [2.24, 2.45) is 5.73 Å². The third-order valence-corrected chi connectivity index (χ3v) is 2.35. The van der Waals surface area contributed by atoms with Crippen molar-refractivity contribution < 1.29 is 3.89 Å². The summed E-state index contributed by atoms with van der Waals surface area (Å²) >= 11 is 5.83. The van der Waals surface area contributed by atoms with Crippen LogP contribution in [-0.2, 0) is 4.87 Å². The van der Waals surface area contributed by atoms with Crippen molar-refractivity contribution in [2.45, 2.75) is 11.8 Å². The van der Waals surface area contributed by atoms with Crippen LogP contribution < -0.4 is 5.73 Å². The van der Waals surface area contributed by atoms with E-state index in [2.05, 4.69) is 0 Å². The van der Waals surface area contributed by atoms with Gasteiger partial charge < -0.3 is 5.73 Å². The van der Waals surface area contributed by atoms with Crippen LogP contribution in [0.5, 0.6) is 0 Å². The van der Waals surface area contributed by atoms with E-state index in [1.807, 2.05) is 0 Å². The molecular formula is C8H9ClFNS. The molecule has 0 bridgehead atoms. The lowest BCUT2D eigenvalue weighted by molar-refractivity contribution is 0.705. The van der Waals surface area contributed by atoms with Crippen LogP contribution >= 0.6 is 23.7 Å². The summed E-state index contributed by atoms with van der Waals surface area (Å²) in [5, 5.41) is 0.568. The first-order chi connectivity index (χ1) is 5.56. The molecule has 0 aliphatic heterocycles. The molecule has 12 heavy (non-hydrogen) atoms. The summed E-state index contributed by atoms with van der Waals surface area (Å²) in [5.74, 6) is 0. The average molecular weight is 206 g/mol. The SMILES string of the molecule is CC(N)(SF)c1cccc(Cl)c1. The molecule has 2 N–H and O–H groups in total. The van der Waals surface area contributed by atoms with Gasteiger partial charge in [0.1, 0.15) is 4.87 Å². The van der Waals surface area contributed by atoms with Crippen LogP contribution in [0, 0.1) is 0 Å². The Labute approximate surface area is 80.4 Å². The Kier molecular flexibility index (Phi) is 2.99. The van der Waals surface area contributed by atoms with Crippen molar-refractivity contribution in [1.29, 1.82) is 0 Å². The topological polar surface area (TPSA) is 26.0 Å². The summed E-state index contributed by atoms with van der Waals surface area (Å²) in [5.41, 5.74) is 6.32. The number of halogens is 2. The first-order valence-electron chi connectivity index (χ1n) is 3.41. The van der Waals surface area contributed by atoms with Crippen LogP contribution in [0.4, 0.5) is 3.89 Å². The molecule has 1 aromatic carbocycles. The Bertz CT molecular complexity index is 278. The van der Waals surface area contributed by atoms with Crippen LogP contribution in [0.3, 0.4) is 0 Å². The third-order valence-electron chi connectivity index (χ3n) is 1.56. The molecule has 1 nitrogen and oxygen atoms in total. The molecule has 4 heteroatoms. The molecule has 0 amide bonds. The molecule has 0 radical (unpaired) electrons. The van der Waals surface area contributed by atoms with Gasteiger partial charge in [0.25, 0.3) is 0 Å². The van der Waals surface area contributed by atoms with Gasteiger partial charge in [0.2, 0.25) is 0 Å². The molecule has 0 aliphatic rings. The fraction of sp³-hybridized carbons (Fsp3) is 0.250. The maximum absolute atomic E-state index is 12.3. The summed E-state index contributed by atoms with van der Waals surface area (Å²) in [6.07, 6.45) is 0. The molecule has 0 fully saturated rings. The highest BCUT2D eigenvalue weighted by molar-refractivity contribution is 7.95. The van der Waals surface area contributed by atoms with Gasteiger partial charge in [0, 0.05) is 5.02 Å². The van der Waals surface area contributed by atoms with Gasteiger partial charge in [-0.2, -0.15) is 3.89 Å². The van der Waals surface area contributed by atoms with Crippen LogP contribution in [0.2, 0.25) is 5.02 Å². The van der Waals surface area contributed by atoms with Crippen LogP contribution in [0.1, 0.15) is 12.5 Å². The quantitative estimate of drug-likeness (QED) is 0.751. The summed E-state index contributed by atoms with van der Waals surface area (Å²) in [7, 11) is 0. The highest BCUT2D eigenvalue weighted by atomic mass is 35.5. The highest BCUT2D eigenvalue weighted by Crippen LogP contribution is 2.32. The first-order valence-corrected chi connectivity index (χ1v) is 4.50. The fourth-order valence-corrected chi connectivity index (χ4v) is 1.25. The zero-order valence-corrected chi connectivity index (χ0v) is 8.12. The summed E-state index contributed by atoms with van der Waals surface area (Å²) < 4.78 is 12.3. The zero-order valence-electron chi connectivity index (χ0n) is 6.55. The fourth-order valence-electron chi connectivity index (χ4n) is 0.842. The van der Waals surface area contributed by atoms with Crippen molar-refractivity contribution in [3.8, 4) is 0 Å². The zero-order chi connectivity index (χ0) is 9.19. The first kappa shape index (κ1) is 9.84. The van der Waals surface area contributed by atoms with Gasteiger partial charge in [-0.15, -0.1) is 0 Å². The second-order valence-corrected chi connectivity index (χ2v) is 4.13. The van der Waals surface area contributed by atoms with E-state index in [0.717, 1.165) is 0 Å². The van der Waals surface area contributed by atoms with E-state index in [0.29, 0.717) is 10.6 Å². The van der Waals surface area contributed by atoms with E-state index < -0.39 is 4.87 Å². The Balaban J connectivity index is 3.03. The molecule has 0 heterocycles. The molecule has 1 aromatic rings. The van der Waals surface area contributed by atoms with Gasteiger partial charge in [-0.3, -0.25) is 0 Å². The number of nitrogens with two attached hydrogens (primary N) is 1. The summed E-state index contributed by atoms with van der Waals surface area (Å²) in [6.45, 7) is 1.60.